The van der Waals surface area contributed by atoms with Gasteiger partial charge in [-0.2, -0.15) is 0 Å². The molecule has 0 bridgehead atoms. The number of hydrazine groups is 1. The van der Waals surface area contributed by atoms with Crippen LogP contribution in [0.15, 0.2) is 55.1 Å². The molecule has 188 valence electrons. The summed E-state index contributed by atoms with van der Waals surface area (Å²) in [4.78, 5) is 14.6. The fourth-order valence-corrected chi connectivity index (χ4v) is 4.74. The summed E-state index contributed by atoms with van der Waals surface area (Å²) in [5.74, 6) is 0.263. The van der Waals surface area contributed by atoms with E-state index in [1.54, 1.807) is 0 Å². The molecule has 7 nitrogen and oxygen atoms in total. The minimum atomic E-state index is -0.0341. The van der Waals surface area contributed by atoms with Crippen molar-refractivity contribution in [1.82, 2.24) is 20.2 Å². The molecule has 0 aliphatic carbocycles. The van der Waals surface area contributed by atoms with Crippen molar-refractivity contribution in [2.45, 2.75) is 65.8 Å². The lowest BCUT2D eigenvalue weighted by Crippen LogP contribution is -2.57. The summed E-state index contributed by atoms with van der Waals surface area (Å²) < 4.78 is 0. The predicted molar refractivity (Wildman–Crippen MR) is 144 cm³/mol. The molecular weight excluding hydrogens is 436 g/mol. The van der Waals surface area contributed by atoms with Gasteiger partial charge >= 0.3 is 0 Å². The quantitative estimate of drug-likeness (QED) is 0.146. The van der Waals surface area contributed by atoms with Crippen molar-refractivity contribution in [2.24, 2.45) is 0 Å². The largest absolute Gasteiger partial charge is 0.345 e. The first-order valence-corrected chi connectivity index (χ1v) is 12.4. The molecule has 1 amide bonds. The van der Waals surface area contributed by atoms with Gasteiger partial charge in [-0.05, 0) is 69.9 Å². The molecule has 1 aliphatic heterocycles. The minimum Gasteiger partial charge on any atom is -0.345 e. The summed E-state index contributed by atoms with van der Waals surface area (Å²) in [6, 6.07) is 14.6. The van der Waals surface area contributed by atoms with Gasteiger partial charge in [0, 0.05) is 37.4 Å². The molecule has 3 unspecified atom stereocenters. The van der Waals surface area contributed by atoms with E-state index in [1.807, 2.05) is 57.1 Å². The SMILES string of the molecule is C=CCC(C)N(Cc1ccccc1)C(C)N(C)N(CC)C(=N)Nc1cc2c(cc1C)C(=O)NC2C. The average molecular weight is 477 g/mol. The summed E-state index contributed by atoms with van der Waals surface area (Å²) in [6.07, 6.45) is 2.88. The summed E-state index contributed by atoms with van der Waals surface area (Å²) in [6.45, 7) is 15.8. The minimum absolute atomic E-state index is 0.0318. The van der Waals surface area contributed by atoms with Crippen LogP contribution >= 0.6 is 0 Å². The molecular formula is C28H40N6O. The number of guanidine groups is 1. The van der Waals surface area contributed by atoms with Crippen LogP contribution in [0.4, 0.5) is 5.69 Å². The number of hydrogen-bond donors (Lipinski definition) is 3. The van der Waals surface area contributed by atoms with Crippen molar-refractivity contribution >= 4 is 17.6 Å². The second-order valence-corrected chi connectivity index (χ2v) is 9.38. The molecule has 2 aromatic carbocycles. The Labute approximate surface area is 210 Å². The molecule has 7 heteroatoms. The van der Waals surface area contributed by atoms with Gasteiger partial charge in [0.15, 0.2) is 0 Å². The van der Waals surface area contributed by atoms with E-state index in [-0.39, 0.29) is 24.2 Å². The molecule has 0 fully saturated rings. The molecule has 1 aliphatic rings. The number of nitrogens with zero attached hydrogens (tertiary/aromatic N) is 3. The van der Waals surface area contributed by atoms with Crippen LogP contribution in [0.3, 0.4) is 0 Å². The fraction of sp³-hybridized carbons (Fsp3) is 0.429. The van der Waals surface area contributed by atoms with Gasteiger partial charge in [-0.25, -0.2) is 5.01 Å². The zero-order valence-electron chi connectivity index (χ0n) is 21.9. The number of nitrogens with one attached hydrogen (secondary N) is 3. The second kappa shape index (κ2) is 11.5. The zero-order chi connectivity index (χ0) is 25.7. The first-order valence-electron chi connectivity index (χ1n) is 12.4. The monoisotopic (exact) mass is 476 g/mol. The Morgan fingerprint density at radius 1 is 1.26 bits per heavy atom. The molecule has 3 N–H and O–H groups in total. The highest BCUT2D eigenvalue weighted by Crippen LogP contribution is 2.30. The molecule has 0 aromatic heterocycles. The van der Waals surface area contributed by atoms with Gasteiger partial charge in [0.25, 0.3) is 5.91 Å². The fourth-order valence-electron chi connectivity index (χ4n) is 4.74. The smallest absolute Gasteiger partial charge is 0.252 e. The Hall–Kier alpha value is -3.16. The number of amides is 1. The normalized spacial score (nSPS) is 16.6. The number of hydrogen-bond acceptors (Lipinski definition) is 4. The van der Waals surface area contributed by atoms with Gasteiger partial charge in [0.1, 0.15) is 0 Å². The summed E-state index contributed by atoms with van der Waals surface area (Å²) in [5, 5.41) is 19.2. The Morgan fingerprint density at radius 2 is 1.94 bits per heavy atom. The van der Waals surface area contributed by atoms with Crippen molar-refractivity contribution in [3.05, 3.63) is 77.4 Å². The van der Waals surface area contributed by atoms with Crippen LogP contribution < -0.4 is 10.6 Å². The third-order valence-corrected chi connectivity index (χ3v) is 6.95. The molecule has 0 saturated heterocycles. The van der Waals surface area contributed by atoms with Gasteiger partial charge in [0.2, 0.25) is 5.96 Å². The number of carbonyl (C=O) groups is 1. The number of carbonyl (C=O) groups excluding carboxylic acids is 1. The van der Waals surface area contributed by atoms with Gasteiger partial charge in [-0.3, -0.25) is 20.1 Å². The maximum absolute atomic E-state index is 12.2. The topological polar surface area (TPSA) is 74.7 Å². The van der Waals surface area contributed by atoms with Crippen LogP contribution in [0.2, 0.25) is 0 Å². The van der Waals surface area contributed by atoms with Crippen LogP contribution in [0.1, 0.15) is 67.2 Å². The zero-order valence-corrected chi connectivity index (χ0v) is 21.9. The maximum Gasteiger partial charge on any atom is 0.252 e. The molecule has 0 spiro atoms. The summed E-state index contributed by atoms with van der Waals surface area (Å²) in [5.41, 5.74) is 4.73. The van der Waals surface area contributed by atoms with E-state index >= 15 is 0 Å². The molecule has 1 heterocycles. The summed E-state index contributed by atoms with van der Waals surface area (Å²) >= 11 is 0. The third kappa shape index (κ3) is 5.92. The Kier molecular flexibility index (Phi) is 8.70. The number of anilines is 1. The van der Waals surface area contributed by atoms with E-state index in [1.165, 1.54) is 5.56 Å². The summed E-state index contributed by atoms with van der Waals surface area (Å²) in [7, 11) is 2.03. The van der Waals surface area contributed by atoms with E-state index in [0.717, 1.165) is 35.3 Å². The van der Waals surface area contributed by atoms with Gasteiger partial charge < -0.3 is 10.6 Å². The van der Waals surface area contributed by atoms with Gasteiger partial charge in [-0.15, -0.1) is 6.58 Å². The Bertz CT molecular complexity index is 1050. The average Bonchev–Trinajstić information content (AvgIpc) is 3.10. The van der Waals surface area contributed by atoms with Crippen LogP contribution in [0, 0.1) is 12.3 Å². The Balaban J connectivity index is 1.79. The molecule has 2 aromatic rings. The molecule has 3 rings (SSSR count). The highest BCUT2D eigenvalue weighted by molar-refractivity contribution is 6.01. The second-order valence-electron chi connectivity index (χ2n) is 9.38. The lowest BCUT2D eigenvalue weighted by Gasteiger charge is -2.44. The van der Waals surface area contributed by atoms with E-state index in [9.17, 15) is 4.79 Å². The molecule has 0 radical (unpaired) electrons. The van der Waals surface area contributed by atoms with Crippen molar-refractivity contribution in [2.75, 3.05) is 18.9 Å². The van der Waals surface area contributed by atoms with Crippen molar-refractivity contribution < 1.29 is 4.79 Å². The van der Waals surface area contributed by atoms with E-state index in [2.05, 4.69) is 65.2 Å². The van der Waals surface area contributed by atoms with Crippen LogP contribution in [0.25, 0.3) is 0 Å². The predicted octanol–water partition coefficient (Wildman–Crippen LogP) is 5.13. The third-order valence-electron chi connectivity index (χ3n) is 6.95. The highest BCUT2D eigenvalue weighted by atomic mass is 16.2. The number of benzene rings is 2. The highest BCUT2D eigenvalue weighted by Gasteiger charge is 2.29. The maximum atomic E-state index is 12.2. The number of fused-ring (bicyclic) bond motifs is 1. The van der Waals surface area contributed by atoms with E-state index in [4.69, 9.17) is 5.41 Å². The number of aryl methyl sites for hydroxylation is 1. The van der Waals surface area contributed by atoms with Gasteiger partial charge in [-0.1, -0.05) is 36.4 Å². The molecule has 0 saturated carbocycles. The lowest BCUT2D eigenvalue weighted by atomic mass is 10.0. The van der Waals surface area contributed by atoms with Crippen molar-refractivity contribution in [3.8, 4) is 0 Å². The first-order chi connectivity index (χ1) is 16.7. The van der Waals surface area contributed by atoms with E-state index < -0.39 is 0 Å². The molecule has 3 atom stereocenters. The van der Waals surface area contributed by atoms with Crippen molar-refractivity contribution in [1.29, 1.82) is 5.41 Å². The molecule has 35 heavy (non-hydrogen) atoms. The lowest BCUT2D eigenvalue weighted by molar-refractivity contribution is -0.0580. The van der Waals surface area contributed by atoms with E-state index in [0.29, 0.717) is 12.5 Å². The number of rotatable bonds is 10. The van der Waals surface area contributed by atoms with Crippen LogP contribution in [0.5, 0.6) is 0 Å². The van der Waals surface area contributed by atoms with Crippen LogP contribution in [-0.4, -0.2) is 52.6 Å². The first kappa shape index (κ1) is 26.4. The standard InChI is InChI=1S/C28H40N6O/c1-8-13-20(4)33(18-23-14-11-10-12-15-23)22(6)32(7)34(9-2)28(29)31-26-17-24-21(5)30-27(35)25(24)16-19(26)3/h8,10-12,14-17,20-22H,1,9,13,18H2,2-7H3,(H2,29,31)(H,30,35). The van der Waals surface area contributed by atoms with Gasteiger partial charge in [0.05, 0.1) is 12.2 Å². The van der Waals surface area contributed by atoms with Crippen molar-refractivity contribution in [3.63, 3.8) is 0 Å². The Morgan fingerprint density at radius 3 is 2.57 bits per heavy atom. The van der Waals surface area contributed by atoms with Crippen LogP contribution in [-0.2, 0) is 6.54 Å².